The zero-order valence-corrected chi connectivity index (χ0v) is 11.3. The summed E-state index contributed by atoms with van der Waals surface area (Å²) >= 11 is 0. The van der Waals surface area contributed by atoms with E-state index in [1.165, 1.54) is 0 Å². The zero-order chi connectivity index (χ0) is 13.7. The lowest BCUT2D eigenvalue weighted by atomic mass is 10.1. The molecule has 0 aliphatic rings. The number of carbonyl (C=O) groups excluding carboxylic acids is 1. The lowest BCUT2D eigenvalue weighted by Crippen LogP contribution is -2.33. The highest BCUT2D eigenvalue weighted by atomic mass is 16.1. The van der Waals surface area contributed by atoms with Crippen molar-refractivity contribution in [1.82, 2.24) is 15.1 Å². The Morgan fingerprint density at radius 1 is 1.37 bits per heavy atom. The van der Waals surface area contributed by atoms with Gasteiger partial charge in [0.25, 0.3) is 0 Å². The number of carbonyl (C=O) groups is 1. The Morgan fingerprint density at radius 2 is 2.11 bits per heavy atom. The molecule has 0 aliphatic heterocycles. The van der Waals surface area contributed by atoms with Crippen molar-refractivity contribution in [3.63, 3.8) is 0 Å². The van der Waals surface area contributed by atoms with Crippen molar-refractivity contribution in [2.75, 3.05) is 0 Å². The third-order valence-corrected chi connectivity index (χ3v) is 3.09. The van der Waals surface area contributed by atoms with Gasteiger partial charge in [-0.1, -0.05) is 19.1 Å². The third-order valence-electron chi connectivity index (χ3n) is 3.09. The monoisotopic (exact) mass is 257 g/mol. The van der Waals surface area contributed by atoms with E-state index in [2.05, 4.69) is 17.3 Å². The Morgan fingerprint density at radius 3 is 2.68 bits per heavy atom. The van der Waals surface area contributed by atoms with Crippen LogP contribution < -0.4 is 5.32 Å². The second kappa shape index (κ2) is 6.18. The summed E-state index contributed by atoms with van der Waals surface area (Å²) in [5, 5.41) is 7.13. The van der Waals surface area contributed by atoms with Gasteiger partial charge in [0.2, 0.25) is 5.91 Å². The molecule has 0 saturated heterocycles. The summed E-state index contributed by atoms with van der Waals surface area (Å²) in [6, 6.07) is 9.99. The van der Waals surface area contributed by atoms with Crippen molar-refractivity contribution in [2.45, 2.75) is 32.7 Å². The van der Waals surface area contributed by atoms with Crippen LogP contribution in [0.25, 0.3) is 5.69 Å². The number of nitrogens with zero attached hydrogens (tertiary/aromatic N) is 2. The lowest BCUT2D eigenvalue weighted by Gasteiger charge is -2.11. The van der Waals surface area contributed by atoms with E-state index in [1.807, 2.05) is 43.5 Å². The molecule has 0 bridgehead atoms. The highest BCUT2D eigenvalue weighted by Crippen LogP contribution is 2.09. The molecule has 1 aromatic heterocycles. The van der Waals surface area contributed by atoms with Crippen molar-refractivity contribution in [3.8, 4) is 5.69 Å². The maximum atomic E-state index is 11.8. The Kier molecular flexibility index (Phi) is 4.34. The number of amides is 1. The largest absolute Gasteiger partial charge is 0.353 e. The molecule has 4 nitrogen and oxygen atoms in total. The molecule has 2 rings (SSSR count). The fourth-order valence-corrected chi connectivity index (χ4v) is 1.80. The number of nitrogens with one attached hydrogen (secondary N) is 1. The fourth-order valence-electron chi connectivity index (χ4n) is 1.80. The van der Waals surface area contributed by atoms with Gasteiger partial charge >= 0.3 is 0 Å². The van der Waals surface area contributed by atoms with E-state index >= 15 is 0 Å². The van der Waals surface area contributed by atoms with Crippen LogP contribution in [0.4, 0.5) is 0 Å². The zero-order valence-electron chi connectivity index (χ0n) is 11.3. The summed E-state index contributed by atoms with van der Waals surface area (Å²) in [4.78, 5) is 11.8. The summed E-state index contributed by atoms with van der Waals surface area (Å²) in [7, 11) is 0. The molecule has 0 aliphatic carbocycles. The van der Waals surface area contributed by atoms with Crippen molar-refractivity contribution in [3.05, 3.63) is 48.3 Å². The van der Waals surface area contributed by atoms with Gasteiger partial charge in [0.1, 0.15) is 0 Å². The van der Waals surface area contributed by atoms with Gasteiger partial charge in [-0.15, -0.1) is 0 Å². The topological polar surface area (TPSA) is 46.9 Å². The van der Waals surface area contributed by atoms with Gasteiger partial charge in [-0.25, -0.2) is 4.68 Å². The maximum Gasteiger partial charge on any atom is 0.224 e. The molecule has 19 heavy (non-hydrogen) atoms. The predicted molar refractivity (Wildman–Crippen MR) is 75.2 cm³/mol. The quantitative estimate of drug-likeness (QED) is 0.893. The van der Waals surface area contributed by atoms with Crippen molar-refractivity contribution >= 4 is 5.91 Å². The summed E-state index contributed by atoms with van der Waals surface area (Å²) in [6.07, 6.45) is 5.01. The van der Waals surface area contributed by atoms with E-state index in [9.17, 15) is 4.79 Å². The molecule has 1 heterocycles. The first-order valence-electron chi connectivity index (χ1n) is 6.57. The van der Waals surface area contributed by atoms with Crippen LogP contribution >= 0.6 is 0 Å². The smallest absolute Gasteiger partial charge is 0.224 e. The molecule has 100 valence electrons. The van der Waals surface area contributed by atoms with Crippen LogP contribution in [0.1, 0.15) is 25.8 Å². The second-order valence-corrected chi connectivity index (χ2v) is 4.67. The standard InChI is InChI=1S/C15H19N3O/c1-3-12(2)17-15(19)11-13-5-7-14(8-6-13)18-10-4-9-16-18/h4-10,12H,3,11H2,1-2H3,(H,17,19)/t12-/m0/s1. The van der Waals surface area contributed by atoms with E-state index in [1.54, 1.807) is 10.9 Å². The van der Waals surface area contributed by atoms with Gasteiger partial charge in [-0.2, -0.15) is 5.10 Å². The molecular weight excluding hydrogens is 238 g/mol. The minimum atomic E-state index is 0.0705. The average molecular weight is 257 g/mol. The molecule has 0 fully saturated rings. The Bertz CT molecular complexity index is 517. The van der Waals surface area contributed by atoms with E-state index in [-0.39, 0.29) is 11.9 Å². The number of benzene rings is 1. The maximum absolute atomic E-state index is 11.8. The number of hydrogen-bond acceptors (Lipinski definition) is 2. The number of aromatic nitrogens is 2. The van der Waals surface area contributed by atoms with Crippen molar-refractivity contribution in [2.24, 2.45) is 0 Å². The van der Waals surface area contributed by atoms with Gasteiger partial charge in [-0.3, -0.25) is 4.79 Å². The van der Waals surface area contributed by atoms with E-state index in [4.69, 9.17) is 0 Å². The number of rotatable bonds is 5. The summed E-state index contributed by atoms with van der Waals surface area (Å²) in [5.74, 6) is 0.0705. The molecule has 1 aromatic carbocycles. The first kappa shape index (κ1) is 13.3. The summed E-state index contributed by atoms with van der Waals surface area (Å²) in [5.41, 5.74) is 2.01. The SMILES string of the molecule is CC[C@H](C)NC(=O)Cc1ccc(-n2cccn2)cc1. The average Bonchev–Trinajstić information content (AvgIpc) is 2.93. The van der Waals surface area contributed by atoms with Crippen LogP contribution in [-0.4, -0.2) is 21.7 Å². The van der Waals surface area contributed by atoms with Crippen LogP contribution in [0.15, 0.2) is 42.7 Å². The molecule has 4 heteroatoms. The van der Waals surface area contributed by atoms with Gasteiger partial charge in [0.05, 0.1) is 12.1 Å². The molecule has 0 saturated carbocycles. The molecule has 1 atom stereocenters. The highest BCUT2D eigenvalue weighted by molar-refractivity contribution is 5.78. The van der Waals surface area contributed by atoms with Crippen molar-refractivity contribution < 1.29 is 4.79 Å². The predicted octanol–water partition coefficient (Wildman–Crippen LogP) is 2.33. The molecule has 0 radical (unpaired) electrons. The van der Waals surface area contributed by atoms with E-state index < -0.39 is 0 Å². The van der Waals surface area contributed by atoms with Crippen LogP contribution in [0.2, 0.25) is 0 Å². The third kappa shape index (κ3) is 3.68. The van der Waals surface area contributed by atoms with Crippen LogP contribution in [0.3, 0.4) is 0 Å². The number of hydrogen-bond donors (Lipinski definition) is 1. The first-order valence-corrected chi connectivity index (χ1v) is 6.57. The minimum absolute atomic E-state index is 0.0705. The van der Waals surface area contributed by atoms with E-state index in [0.717, 1.165) is 17.7 Å². The second-order valence-electron chi connectivity index (χ2n) is 4.67. The van der Waals surface area contributed by atoms with Gasteiger partial charge in [0.15, 0.2) is 0 Å². The highest BCUT2D eigenvalue weighted by Gasteiger charge is 2.06. The molecule has 2 aromatic rings. The van der Waals surface area contributed by atoms with Gasteiger partial charge in [0, 0.05) is 18.4 Å². The normalized spacial score (nSPS) is 12.1. The summed E-state index contributed by atoms with van der Waals surface area (Å²) < 4.78 is 1.79. The van der Waals surface area contributed by atoms with Crippen LogP contribution in [0, 0.1) is 0 Å². The summed E-state index contributed by atoms with van der Waals surface area (Å²) in [6.45, 7) is 4.07. The van der Waals surface area contributed by atoms with Crippen molar-refractivity contribution in [1.29, 1.82) is 0 Å². The lowest BCUT2D eigenvalue weighted by molar-refractivity contribution is -0.121. The fraction of sp³-hybridized carbons (Fsp3) is 0.333. The van der Waals surface area contributed by atoms with Crippen LogP contribution in [-0.2, 0) is 11.2 Å². The first-order chi connectivity index (χ1) is 9.19. The Hall–Kier alpha value is -2.10. The molecule has 0 spiro atoms. The Labute approximate surface area is 113 Å². The van der Waals surface area contributed by atoms with Gasteiger partial charge < -0.3 is 5.32 Å². The van der Waals surface area contributed by atoms with Crippen LogP contribution in [0.5, 0.6) is 0 Å². The molecule has 1 amide bonds. The van der Waals surface area contributed by atoms with Gasteiger partial charge in [-0.05, 0) is 37.1 Å². The molecular formula is C15H19N3O. The molecule has 1 N–H and O–H groups in total. The molecule has 0 unspecified atom stereocenters. The minimum Gasteiger partial charge on any atom is -0.353 e. The Balaban J connectivity index is 1.97. The van der Waals surface area contributed by atoms with E-state index in [0.29, 0.717) is 6.42 Å².